The van der Waals surface area contributed by atoms with Crippen LogP contribution in [0.5, 0.6) is 0 Å². The zero-order valence-corrected chi connectivity index (χ0v) is 13.5. The number of rotatable bonds is 3. The van der Waals surface area contributed by atoms with Gasteiger partial charge in [0.05, 0.1) is 0 Å². The van der Waals surface area contributed by atoms with Gasteiger partial charge < -0.3 is 16.0 Å². The molecule has 3 N–H and O–H groups in total. The van der Waals surface area contributed by atoms with Crippen LogP contribution in [0.25, 0.3) is 0 Å². The standard InChI is InChI=1S/C16H23N3OS/c1-11(2)13-5-3-4-6-14(13)18-16(21)19-9-7-12(8-10-19)15(17)20/h3-6,11-12H,7-10H2,1-2H3,(H2,17,20)(H,18,21). The Kier molecular flexibility index (Phi) is 5.17. The molecule has 4 nitrogen and oxygen atoms in total. The van der Waals surface area contributed by atoms with Crippen molar-refractivity contribution < 1.29 is 4.79 Å². The number of carbonyl (C=O) groups excluding carboxylic acids is 1. The molecule has 0 radical (unpaired) electrons. The summed E-state index contributed by atoms with van der Waals surface area (Å²) in [5, 5.41) is 4.07. The summed E-state index contributed by atoms with van der Waals surface area (Å²) in [6.07, 6.45) is 1.56. The lowest BCUT2D eigenvalue weighted by Gasteiger charge is -2.33. The fourth-order valence-corrected chi connectivity index (χ4v) is 2.97. The number of hydrogen-bond acceptors (Lipinski definition) is 2. The highest BCUT2D eigenvalue weighted by molar-refractivity contribution is 7.80. The number of primary amides is 1. The highest BCUT2D eigenvalue weighted by Gasteiger charge is 2.24. The van der Waals surface area contributed by atoms with E-state index in [0.717, 1.165) is 36.7 Å². The van der Waals surface area contributed by atoms with Crippen molar-refractivity contribution in [2.75, 3.05) is 18.4 Å². The Morgan fingerprint density at radius 2 is 1.95 bits per heavy atom. The van der Waals surface area contributed by atoms with Gasteiger partial charge in [-0.05, 0) is 42.6 Å². The molecule has 0 bridgehead atoms. The molecule has 1 fully saturated rings. The van der Waals surface area contributed by atoms with Crippen LogP contribution in [0, 0.1) is 5.92 Å². The molecule has 21 heavy (non-hydrogen) atoms. The molecule has 2 rings (SSSR count). The molecule has 1 saturated heterocycles. The number of benzene rings is 1. The Labute approximate surface area is 131 Å². The van der Waals surface area contributed by atoms with Gasteiger partial charge in [0, 0.05) is 24.7 Å². The van der Waals surface area contributed by atoms with Crippen molar-refractivity contribution >= 4 is 28.9 Å². The Hall–Kier alpha value is -1.62. The third-order valence-electron chi connectivity index (χ3n) is 4.01. The van der Waals surface area contributed by atoms with Gasteiger partial charge in [-0.2, -0.15) is 0 Å². The minimum atomic E-state index is -0.196. The normalized spacial score (nSPS) is 16.0. The van der Waals surface area contributed by atoms with E-state index in [1.165, 1.54) is 5.56 Å². The molecule has 1 aliphatic heterocycles. The molecule has 1 amide bonds. The van der Waals surface area contributed by atoms with Crippen molar-refractivity contribution in [1.29, 1.82) is 0 Å². The van der Waals surface area contributed by atoms with Gasteiger partial charge in [0.1, 0.15) is 0 Å². The lowest BCUT2D eigenvalue weighted by atomic mass is 9.96. The molecule has 0 aliphatic carbocycles. The van der Waals surface area contributed by atoms with Gasteiger partial charge in [0.15, 0.2) is 5.11 Å². The van der Waals surface area contributed by atoms with Gasteiger partial charge >= 0.3 is 0 Å². The molecule has 1 aliphatic rings. The molecule has 0 unspecified atom stereocenters. The maximum Gasteiger partial charge on any atom is 0.220 e. The maximum atomic E-state index is 11.2. The van der Waals surface area contributed by atoms with Crippen molar-refractivity contribution in [3.8, 4) is 0 Å². The summed E-state index contributed by atoms with van der Waals surface area (Å²) in [7, 11) is 0. The number of amides is 1. The Balaban J connectivity index is 1.98. The molecule has 0 saturated carbocycles. The summed E-state index contributed by atoms with van der Waals surface area (Å²) >= 11 is 5.51. The summed E-state index contributed by atoms with van der Waals surface area (Å²) in [5.41, 5.74) is 7.68. The Morgan fingerprint density at radius 3 is 2.52 bits per heavy atom. The largest absolute Gasteiger partial charge is 0.369 e. The number of piperidine rings is 1. The summed E-state index contributed by atoms with van der Waals surface area (Å²) in [6.45, 7) is 5.90. The van der Waals surface area contributed by atoms with Crippen molar-refractivity contribution in [1.82, 2.24) is 4.90 Å². The quantitative estimate of drug-likeness (QED) is 0.843. The van der Waals surface area contributed by atoms with E-state index < -0.39 is 0 Å². The average Bonchev–Trinajstić information content (AvgIpc) is 2.47. The lowest BCUT2D eigenvalue weighted by molar-refractivity contribution is -0.122. The average molecular weight is 305 g/mol. The van der Waals surface area contributed by atoms with Crippen molar-refractivity contribution in [2.24, 2.45) is 11.7 Å². The number of nitrogens with one attached hydrogen (secondary N) is 1. The first-order chi connectivity index (χ1) is 9.99. The minimum absolute atomic E-state index is 0.00741. The van der Waals surface area contributed by atoms with E-state index in [9.17, 15) is 4.79 Å². The minimum Gasteiger partial charge on any atom is -0.369 e. The van der Waals surface area contributed by atoms with Crippen LogP contribution in [0.15, 0.2) is 24.3 Å². The molecule has 0 aromatic heterocycles. The first-order valence-corrected chi connectivity index (χ1v) is 7.84. The van der Waals surface area contributed by atoms with Crippen LogP contribution in [-0.2, 0) is 4.79 Å². The van der Waals surface area contributed by atoms with Crippen molar-refractivity contribution in [3.05, 3.63) is 29.8 Å². The molecule has 1 aromatic carbocycles. The smallest absolute Gasteiger partial charge is 0.220 e. The highest BCUT2D eigenvalue weighted by Crippen LogP contribution is 2.25. The number of likely N-dealkylation sites (tertiary alicyclic amines) is 1. The van der Waals surface area contributed by atoms with Gasteiger partial charge in [-0.15, -0.1) is 0 Å². The van der Waals surface area contributed by atoms with E-state index in [-0.39, 0.29) is 11.8 Å². The summed E-state index contributed by atoms with van der Waals surface area (Å²) in [5.74, 6) is 0.239. The second-order valence-corrected chi connectivity index (χ2v) is 6.22. The van der Waals surface area contributed by atoms with Crippen LogP contribution in [0.2, 0.25) is 0 Å². The fraction of sp³-hybridized carbons (Fsp3) is 0.500. The number of thiocarbonyl (C=S) groups is 1. The van der Waals surface area contributed by atoms with Gasteiger partial charge in [0.25, 0.3) is 0 Å². The highest BCUT2D eigenvalue weighted by atomic mass is 32.1. The molecule has 1 aromatic rings. The first-order valence-electron chi connectivity index (χ1n) is 7.43. The van der Waals surface area contributed by atoms with Gasteiger partial charge in [-0.1, -0.05) is 32.0 Å². The maximum absolute atomic E-state index is 11.2. The topological polar surface area (TPSA) is 58.4 Å². The van der Waals surface area contributed by atoms with Crippen LogP contribution in [-0.4, -0.2) is 29.0 Å². The SMILES string of the molecule is CC(C)c1ccccc1NC(=S)N1CCC(C(N)=O)CC1. The van der Waals surface area contributed by atoms with E-state index in [2.05, 4.69) is 36.2 Å². The van der Waals surface area contributed by atoms with Crippen molar-refractivity contribution in [3.63, 3.8) is 0 Å². The van der Waals surface area contributed by atoms with Crippen LogP contribution >= 0.6 is 12.2 Å². The number of hydrogen-bond donors (Lipinski definition) is 2. The zero-order valence-electron chi connectivity index (χ0n) is 12.6. The fourth-order valence-electron chi connectivity index (χ4n) is 2.68. The monoisotopic (exact) mass is 305 g/mol. The third kappa shape index (κ3) is 3.94. The van der Waals surface area contributed by atoms with Gasteiger partial charge in [-0.25, -0.2) is 0 Å². The molecular formula is C16H23N3OS. The van der Waals surface area contributed by atoms with Crippen LogP contribution in [0.4, 0.5) is 5.69 Å². The molecule has 5 heteroatoms. The van der Waals surface area contributed by atoms with E-state index in [1.807, 2.05) is 12.1 Å². The van der Waals surface area contributed by atoms with Crippen LogP contribution in [0.1, 0.15) is 38.2 Å². The number of nitrogens with two attached hydrogens (primary N) is 1. The van der Waals surface area contributed by atoms with Crippen LogP contribution < -0.4 is 11.1 Å². The van der Waals surface area contributed by atoms with E-state index in [4.69, 9.17) is 18.0 Å². The Morgan fingerprint density at radius 1 is 1.33 bits per heavy atom. The predicted octanol–water partition coefficient (Wildman–Crippen LogP) is 2.70. The number of anilines is 1. The Bertz CT molecular complexity index is 522. The van der Waals surface area contributed by atoms with Crippen molar-refractivity contribution in [2.45, 2.75) is 32.6 Å². The summed E-state index contributed by atoms with van der Waals surface area (Å²) in [4.78, 5) is 13.3. The summed E-state index contributed by atoms with van der Waals surface area (Å²) < 4.78 is 0. The van der Waals surface area contributed by atoms with E-state index in [0.29, 0.717) is 5.92 Å². The molecule has 1 heterocycles. The number of carbonyl (C=O) groups is 1. The predicted molar refractivity (Wildman–Crippen MR) is 90.2 cm³/mol. The zero-order chi connectivity index (χ0) is 15.4. The molecular weight excluding hydrogens is 282 g/mol. The van der Waals surface area contributed by atoms with Crippen LogP contribution in [0.3, 0.4) is 0 Å². The molecule has 114 valence electrons. The van der Waals surface area contributed by atoms with E-state index in [1.54, 1.807) is 0 Å². The molecule has 0 atom stereocenters. The second kappa shape index (κ2) is 6.89. The number of para-hydroxylation sites is 1. The number of nitrogens with zero attached hydrogens (tertiary/aromatic N) is 1. The molecule has 0 spiro atoms. The van der Waals surface area contributed by atoms with Gasteiger partial charge in [0.2, 0.25) is 5.91 Å². The lowest BCUT2D eigenvalue weighted by Crippen LogP contribution is -2.43. The second-order valence-electron chi connectivity index (χ2n) is 5.84. The first kappa shape index (κ1) is 15.8. The summed E-state index contributed by atoms with van der Waals surface area (Å²) in [6, 6.07) is 8.23. The van der Waals surface area contributed by atoms with E-state index >= 15 is 0 Å². The van der Waals surface area contributed by atoms with Gasteiger partial charge in [-0.3, -0.25) is 4.79 Å². The third-order valence-corrected chi connectivity index (χ3v) is 4.37.